The predicted octanol–water partition coefficient (Wildman–Crippen LogP) is 4.09. The highest BCUT2D eigenvalue weighted by Gasteiger charge is 2.23. The van der Waals surface area contributed by atoms with E-state index in [-0.39, 0.29) is 16.5 Å². The third-order valence-electron chi connectivity index (χ3n) is 4.71. The Kier molecular flexibility index (Phi) is 7.29. The number of carboxylic acids is 1. The summed E-state index contributed by atoms with van der Waals surface area (Å²) >= 11 is 7.71. The molecule has 0 spiro atoms. The molecule has 172 valence electrons. The molecule has 3 aromatic rings. The first-order valence-corrected chi connectivity index (χ1v) is 12.9. The third-order valence-corrected chi connectivity index (χ3v) is 6.90. The molecule has 3 rings (SSSR count). The fourth-order valence-corrected chi connectivity index (χ4v) is 5.47. The highest BCUT2D eigenvalue weighted by Crippen LogP contribution is 2.39. The summed E-state index contributed by atoms with van der Waals surface area (Å²) in [7, 11) is 0.628. The number of likely N-dealkylation sites (N-methyl/N-ethyl adjacent to an activating group) is 1. The number of hydrogen-bond donors (Lipinski definition) is 2. The molecular formula is C21H24ClN3O5S2. The van der Waals surface area contributed by atoms with Gasteiger partial charge in [0.1, 0.15) is 12.3 Å². The molecule has 0 atom stereocenters. The van der Waals surface area contributed by atoms with E-state index in [2.05, 4.69) is 10.1 Å². The molecule has 0 saturated carbocycles. The maximum Gasteiger partial charge on any atom is 0.353 e. The van der Waals surface area contributed by atoms with Crippen LogP contribution in [-0.2, 0) is 20.4 Å². The van der Waals surface area contributed by atoms with Gasteiger partial charge in [0.05, 0.1) is 21.7 Å². The Hall–Kier alpha value is -2.40. The van der Waals surface area contributed by atoms with Gasteiger partial charge in [-0.1, -0.05) is 28.9 Å². The molecule has 32 heavy (non-hydrogen) atoms. The quantitative estimate of drug-likeness (QED) is 0.261. The summed E-state index contributed by atoms with van der Waals surface area (Å²) in [5.74, 6) is -1.30. The van der Waals surface area contributed by atoms with E-state index >= 15 is 0 Å². The normalized spacial score (nSPS) is 12.6. The average molecular weight is 498 g/mol. The lowest BCUT2D eigenvalue weighted by Gasteiger charge is -2.07. The van der Waals surface area contributed by atoms with E-state index in [0.29, 0.717) is 34.5 Å². The maximum atomic E-state index is 12.0. The van der Waals surface area contributed by atoms with Gasteiger partial charge in [-0.05, 0) is 38.2 Å². The highest BCUT2D eigenvalue weighted by atomic mass is 35.5. The molecule has 0 aliphatic rings. The van der Waals surface area contributed by atoms with Gasteiger partial charge >= 0.3 is 5.97 Å². The molecule has 0 saturated heterocycles. The topological polar surface area (TPSA) is 112 Å². The van der Waals surface area contributed by atoms with E-state index in [4.69, 9.17) is 16.4 Å². The van der Waals surface area contributed by atoms with Crippen LogP contribution in [0.1, 0.15) is 28.5 Å². The average Bonchev–Trinajstić information content (AvgIpc) is 3.25. The monoisotopic (exact) mass is 497 g/mol. The zero-order valence-electron chi connectivity index (χ0n) is 18.1. The summed E-state index contributed by atoms with van der Waals surface area (Å²) in [6.45, 7) is 2.96. The van der Waals surface area contributed by atoms with Crippen molar-refractivity contribution in [2.24, 2.45) is 5.16 Å². The molecule has 0 amide bonds. The van der Waals surface area contributed by atoms with Gasteiger partial charge in [-0.3, -0.25) is 0 Å². The van der Waals surface area contributed by atoms with Gasteiger partial charge in [0.25, 0.3) is 0 Å². The minimum absolute atomic E-state index is 0.0290. The second-order valence-electron chi connectivity index (χ2n) is 7.72. The zero-order valence-corrected chi connectivity index (χ0v) is 20.5. The summed E-state index contributed by atoms with van der Waals surface area (Å²) in [6, 6.07) is 4.90. The molecule has 8 nitrogen and oxygen atoms in total. The van der Waals surface area contributed by atoms with Gasteiger partial charge < -0.3 is 19.8 Å². The van der Waals surface area contributed by atoms with Crippen LogP contribution in [0.25, 0.3) is 21.3 Å². The smallest absolute Gasteiger partial charge is 0.353 e. The van der Waals surface area contributed by atoms with E-state index in [1.165, 1.54) is 11.3 Å². The lowest BCUT2D eigenvalue weighted by molar-refractivity contribution is 0.0692. The van der Waals surface area contributed by atoms with Crippen molar-refractivity contribution in [2.75, 3.05) is 33.5 Å². The summed E-state index contributed by atoms with van der Waals surface area (Å²) in [4.78, 5) is 22.3. The molecular weight excluding hydrogens is 474 g/mol. The Labute approximate surface area is 195 Å². The Balaban J connectivity index is 2.03. The van der Waals surface area contributed by atoms with E-state index in [9.17, 15) is 18.3 Å². The fourth-order valence-electron chi connectivity index (χ4n) is 3.19. The number of H-pyrrole nitrogens is 1. The number of aromatic nitrogens is 1. The summed E-state index contributed by atoms with van der Waals surface area (Å²) in [5.41, 5.74) is 3.60. The molecule has 11 heteroatoms. The van der Waals surface area contributed by atoms with Gasteiger partial charge in [0.15, 0.2) is 9.84 Å². The molecule has 0 aliphatic heterocycles. The van der Waals surface area contributed by atoms with Crippen molar-refractivity contribution in [3.05, 3.63) is 45.4 Å². The van der Waals surface area contributed by atoms with Crippen LogP contribution >= 0.6 is 22.9 Å². The number of halogens is 1. The zero-order chi connectivity index (χ0) is 23.6. The van der Waals surface area contributed by atoms with Crippen molar-refractivity contribution in [2.45, 2.75) is 12.7 Å². The Morgan fingerprint density at radius 2 is 2.06 bits per heavy atom. The molecule has 0 aliphatic carbocycles. The minimum Gasteiger partial charge on any atom is -0.477 e. The van der Waals surface area contributed by atoms with Crippen LogP contribution in [0.4, 0.5) is 0 Å². The number of nitrogens with one attached hydrogen (secondary N) is 1. The van der Waals surface area contributed by atoms with Crippen LogP contribution in [-0.4, -0.2) is 68.6 Å². The van der Waals surface area contributed by atoms with E-state index in [1.807, 2.05) is 24.4 Å². The van der Waals surface area contributed by atoms with Crippen molar-refractivity contribution in [1.29, 1.82) is 0 Å². The Bertz CT molecular complexity index is 1290. The van der Waals surface area contributed by atoms with Gasteiger partial charge in [0, 0.05) is 34.3 Å². The summed E-state index contributed by atoms with van der Waals surface area (Å²) in [5, 5.41) is 16.1. The van der Waals surface area contributed by atoms with E-state index in [0.717, 1.165) is 23.1 Å². The number of rotatable bonds is 9. The third kappa shape index (κ3) is 5.50. The van der Waals surface area contributed by atoms with Gasteiger partial charge in [-0.2, -0.15) is 0 Å². The maximum absolute atomic E-state index is 12.0. The predicted molar refractivity (Wildman–Crippen MR) is 129 cm³/mol. The second-order valence-corrected chi connectivity index (χ2v) is 11.2. The molecule has 2 heterocycles. The Morgan fingerprint density at radius 1 is 1.34 bits per heavy atom. The van der Waals surface area contributed by atoms with Crippen LogP contribution in [0.15, 0.2) is 28.7 Å². The van der Waals surface area contributed by atoms with E-state index < -0.39 is 15.8 Å². The van der Waals surface area contributed by atoms with Gasteiger partial charge in [-0.15, -0.1) is 11.3 Å². The fraction of sp³-hybridized carbons (Fsp3) is 0.333. The molecule has 0 bridgehead atoms. The van der Waals surface area contributed by atoms with Crippen molar-refractivity contribution >= 4 is 54.7 Å². The van der Waals surface area contributed by atoms with Crippen LogP contribution < -0.4 is 0 Å². The van der Waals surface area contributed by atoms with Crippen molar-refractivity contribution in [1.82, 2.24) is 9.88 Å². The number of sulfone groups is 1. The number of carboxylic acid groups (broad SMARTS) is 1. The minimum atomic E-state index is -3.25. The van der Waals surface area contributed by atoms with Crippen LogP contribution in [0, 0.1) is 0 Å². The van der Waals surface area contributed by atoms with Crippen molar-refractivity contribution in [3.63, 3.8) is 0 Å². The molecule has 1 aromatic carbocycles. The van der Waals surface area contributed by atoms with Crippen LogP contribution in [0.5, 0.6) is 0 Å². The number of thiophene rings is 1. The number of nitrogens with zero attached hydrogens (tertiary/aromatic N) is 2. The molecule has 0 fully saturated rings. The first-order valence-electron chi connectivity index (χ1n) is 9.62. The summed E-state index contributed by atoms with van der Waals surface area (Å²) < 4.78 is 24.0. The van der Waals surface area contributed by atoms with E-state index in [1.54, 1.807) is 25.1 Å². The Morgan fingerprint density at radius 3 is 2.66 bits per heavy atom. The van der Waals surface area contributed by atoms with Crippen molar-refractivity contribution in [3.8, 4) is 11.1 Å². The van der Waals surface area contributed by atoms with Gasteiger partial charge in [0.2, 0.25) is 0 Å². The van der Waals surface area contributed by atoms with Crippen LogP contribution in [0.2, 0.25) is 5.02 Å². The van der Waals surface area contributed by atoms with Gasteiger partial charge in [-0.25, -0.2) is 13.2 Å². The lowest BCUT2D eigenvalue weighted by atomic mass is 10.0. The molecule has 0 unspecified atom stereocenters. The standard InChI is InChI=1S/C21H24ClN3O5S2/c1-12(24-30-8-7-25(2)3)15-10-31-20-17(19(21(26)27)23-18(15)20)13-5-6-14(16(22)9-13)11-32(4,28)29/h5-6,9-10,23H,7-8,11H2,1-4H3,(H,26,27). The number of benzene rings is 1. The van der Waals surface area contributed by atoms with Crippen molar-refractivity contribution < 1.29 is 23.2 Å². The first-order chi connectivity index (χ1) is 15.0. The second kappa shape index (κ2) is 9.62. The largest absolute Gasteiger partial charge is 0.477 e. The summed E-state index contributed by atoms with van der Waals surface area (Å²) in [6.07, 6.45) is 1.14. The number of fused-ring (bicyclic) bond motifs is 1. The highest BCUT2D eigenvalue weighted by molar-refractivity contribution is 7.89. The first kappa shape index (κ1) is 24.2. The lowest BCUT2D eigenvalue weighted by Crippen LogP contribution is -2.17. The van der Waals surface area contributed by atoms with Crippen LogP contribution in [0.3, 0.4) is 0 Å². The molecule has 2 N–H and O–H groups in total. The number of aromatic carboxylic acids is 1. The number of carbonyl (C=O) groups is 1. The molecule has 2 aromatic heterocycles. The SMILES string of the molecule is CC(=NOCCN(C)C)c1csc2c(-c3ccc(CS(C)(=O)=O)c(Cl)c3)c(C(=O)O)[nH]c12. The number of aromatic amines is 1. The molecule has 0 radical (unpaired) electrons. The number of hydrogen-bond acceptors (Lipinski definition) is 7. The number of oxime groups is 1.